The van der Waals surface area contributed by atoms with Gasteiger partial charge in [0.1, 0.15) is 5.52 Å². The number of hydrogen-bond donors (Lipinski definition) is 1. The molecular weight excluding hydrogens is 248 g/mol. The van der Waals surface area contributed by atoms with Crippen LogP contribution in [0.15, 0.2) is 52.9 Å². The Hall–Kier alpha value is -2.29. The van der Waals surface area contributed by atoms with E-state index in [1.165, 1.54) is 5.56 Å². The highest BCUT2D eigenvalue weighted by Crippen LogP contribution is 2.28. The Morgan fingerprint density at radius 3 is 2.45 bits per heavy atom. The third kappa shape index (κ3) is 2.52. The van der Waals surface area contributed by atoms with Gasteiger partial charge in [-0.3, -0.25) is 0 Å². The highest BCUT2D eigenvalue weighted by Gasteiger charge is 2.15. The number of fused-ring (bicyclic) bond motifs is 1. The van der Waals surface area contributed by atoms with E-state index in [1.807, 2.05) is 36.4 Å². The number of para-hydroxylation sites is 1. The molecule has 3 aromatic rings. The van der Waals surface area contributed by atoms with Crippen molar-refractivity contribution in [3.05, 3.63) is 54.1 Å². The topological polar surface area (TPSA) is 38.1 Å². The number of aromatic nitrogens is 1. The van der Waals surface area contributed by atoms with E-state index in [0.717, 1.165) is 16.8 Å². The van der Waals surface area contributed by atoms with E-state index in [-0.39, 0.29) is 5.41 Å². The van der Waals surface area contributed by atoms with Gasteiger partial charge in [-0.15, -0.1) is 0 Å². The molecule has 0 spiro atoms. The fourth-order valence-corrected chi connectivity index (χ4v) is 2.09. The van der Waals surface area contributed by atoms with Gasteiger partial charge in [0.25, 0.3) is 6.01 Å². The SMILES string of the molecule is CC(C)(C)c1ccc2oc(Nc3ccccc3)nc2c1. The lowest BCUT2D eigenvalue weighted by Crippen LogP contribution is -2.10. The highest BCUT2D eigenvalue weighted by molar-refractivity contribution is 5.76. The lowest BCUT2D eigenvalue weighted by atomic mass is 9.87. The second kappa shape index (κ2) is 4.67. The Morgan fingerprint density at radius 2 is 1.75 bits per heavy atom. The van der Waals surface area contributed by atoms with Crippen molar-refractivity contribution in [2.24, 2.45) is 0 Å². The van der Waals surface area contributed by atoms with Crippen molar-refractivity contribution < 1.29 is 4.42 Å². The molecule has 0 saturated carbocycles. The average Bonchev–Trinajstić information content (AvgIpc) is 2.80. The van der Waals surface area contributed by atoms with E-state index in [2.05, 4.69) is 43.2 Å². The summed E-state index contributed by atoms with van der Waals surface area (Å²) in [5, 5.41) is 3.17. The van der Waals surface area contributed by atoms with Gasteiger partial charge in [-0.1, -0.05) is 45.0 Å². The van der Waals surface area contributed by atoms with Gasteiger partial charge in [-0.25, -0.2) is 0 Å². The molecule has 0 unspecified atom stereocenters. The van der Waals surface area contributed by atoms with Crippen molar-refractivity contribution in [1.82, 2.24) is 4.98 Å². The van der Waals surface area contributed by atoms with Gasteiger partial charge in [-0.2, -0.15) is 4.98 Å². The standard InChI is InChI=1S/C17H18N2O/c1-17(2,3)12-9-10-15-14(11-12)19-16(20-15)18-13-7-5-4-6-8-13/h4-11H,1-3H3,(H,18,19). The molecule has 0 radical (unpaired) electrons. The lowest BCUT2D eigenvalue weighted by Gasteiger charge is -2.18. The molecular formula is C17H18N2O. The van der Waals surface area contributed by atoms with E-state index in [4.69, 9.17) is 4.42 Å². The Balaban J connectivity index is 1.95. The third-order valence-corrected chi connectivity index (χ3v) is 3.28. The molecule has 2 aromatic carbocycles. The quantitative estimate of drug-likeness (QED) is 0.719. The predicted octanol–water partition coefficient (Wildman–Crippen LogP) is 4.87. The maximum absolute atomic E-state index is 5.72. The van der Waals surface area contributed by atoms with Crippen LogP contribution in [0.2, 0.25) is 0 Å². The minimum Gasteiger partial charge on any atom is -0.423 e. The first-order valence-corrected chi connectivity index (χ1v) is 6.75. The first-order chi connectivity index (χ1) is 9.52. The van der Waals surface area contributed by atoms with Crippen LogP contribution in [0.4, 0.5) is 11.7 Å². The smallest absolute Gasteiger partial charge is 0.300 e. The molecule has 0 fully saturated rings. The molecule has 1 N–H and O–H groups in total. The summed E-state index contributed by atoms with van der Waals surface area (Å²) < 4.78 is 5.72. The minimum absolute atomic E-state index is 0.111. The highest BCUT2D eigenvalue weighted by atomic mass is 16.4. The molecule has 0 saturated heterocycles. The van der Waals surface area contributed by atoms with Gasteiger partial charge < -0.3 is 9.73 Å². The van der Waals surface area contributed by atoms with Crippen LogP contribution in [0.3, 0.4) is 0 Å². The monoisotopic (exact) mass is 266 g/mol. The van der Waals surface area contributed by atoms with Crippen molar-refractivity contribution in [3.8, 4) is 0 Å². The molecule has 3 rings (SSSR count). The second-order valence-electron chi connectivity index (χ2n) is 5.94. The zero-order chi connectivity index (χ0) is 14.2. The zero-order valence-corrected chi connectivity index (χ0v) is 12.0. The molecule has 0 aliphatic rings. The van der Waals surface area contributed by atoms with Gasteiger partial charge >= 0.3 is 0 Å². The summed E-state index contributed by atoms with van der Waals surface area (Å²) >= 11 is 0. The van der Waals surface area contributed by atoms with E-state index >= 15 is 0 Å². The molecule has 0 amide bonds. The van der Waals surface area contributed by atoms with Gasteiger partial charge in [0, 0.05) is 5.69 Å². The van der Waals surface area contributed by atoms with E-state index < -0.39 is 0 Å². The number of anilines is 2. The fourth-order valence-electron chi connectivity index (χ4n) is 2.09. The maximum Gasteiger partial charge on any atom is 0.300 e. The number of nitrogens with zero attached hydrogens (tertiary/aromatic N) is 1. The first-order valence-electron chi connectivity index (χ1n) is 6.75. The molecule has 3 heteroatoms. The summed E-state index contributed by atoms with van der Waals surface area (Å²) in [6, 6.07) is 16.6. The van der Waals surface area contributed by atoms with Crippen molar-refractivity contribution >= 4 is 22.8 Å². The van der Waals surface area contributed by atoms with Crippen molar-refractivity contribution in [2.75, 3.05) is 5.32 Å². The normalized spacial score (nSPS) is 11.8. The van der Waals surface area contributed by atoms with Gasteiger partial charge in [0.15, 0.2) is 5.58 Å². The Bertz CT molecular complexity index is 724. The lowest BCUT2D eigenvalue weighted by molar-refractivity contribution is 0.590. The zero-order valence-electron chi connectivity index (χ0n) is 12.0. The first kappa shape index (κ1) is 12.7. The molecule has 0 atom stereocenters. The Labute approximate surface area is 118 Å². The Morgan fingerprint density at radius 1 is 1.00 bits per heavy atom. The van der Waals surface area contributed by atoms with Crippen LogP contribution >= 0.6 is 0 Å². The van der Waals surface area contributed by atoms with Crippen LogP contribution < -0.4 is 5.32 Å². The molecule has 0 aliphatic heterocycles. The number of benzene rings is 2. The van der Waals surface area contributed by atoms with Crippen LogP contribution in [0.25, 0.3) is 11.1 Å². The van der Waals surface area contributed by atoms with Crippen LogP contribution in [0.5, 0.6) is 0 Å². The van der Waals surface area contributed by atoms with Crippen LogP contribution in [-0.2, 0) is 5.41 Å². The van der Waals surface area contributed by atoms with Gasteiger partial charge in [-0.05, 0) is 35.2 Å². The molecule has 102 valence electrons. The number of nitrogens with one attached hydrogen (secondary N) is 1. The van der Waals surface area contributed by atoms with Crippen molar-refractivity contribution in [2.45, 2.75) is 26.2 Å². The predicted molar refractivity (Wildman–Crippen MR) is 82.4 cm³/mol. The largest absolute Gasteiger partial charge is 0.423 e. The van der Waals surface area contributed by atoms with E-state index in [9.17, 15) is 0 Å². The fraction of sp³-hybridized carbons (Fsp3) is 0.235. The molecule has 0 bridgehead atoms. The summed E-state index contributed by atoms with van der Waals surface area (Å²) in [7, 11) is 0. The summed E-state index contributed by atoms with van der Waals surface area (Å²) in [5.41, 5.74) is 4.02. The average molecular weight is 266 g/mol. The van der Waals surface area contributed by atoms with Crippen LogP contribution in [-0.4, -0.2) is 4.98 Å². The number of rotatable bonds is 2. The minimum atomic E-state index is 0.111. The van der Waals surface area contributed by atoms with E-state index in [1.54, 1.807) is 0 Å². The van der Waals surface area contributed by atoms with Gasteiger partial charge in [0.2, 0.25) is 0 Å². The molecule has 0 aliphatic carbocycles. The molecule has 3 nitrogen and oxygen atoms in total. The summed E-state index contributed by atoms with van der Waals surface area (Å²) in [6.07, 6.45) is 0. The summed E-state index contributed by atoms with van der Waals surface area (Å²) in [5.74, 6) is 0. The third-order valence-electron chi connectivity index (χ3n) is 3.28. The van der Waals surface area contributed by atoms with Crippen molar-refractivity contribution in [1.29, 1.82) is 0 Å². The molecule has 1 aromatic heterocycles. The number of hydrogen-bond acceptors (Lipinski definition) is 3. The van der Waals surface area contributed by atoms with Gasteiger partial charge in [0.05, 0.1) is 0 Å². The summed E-state index contributed by atoms with van der Waals surface area (Å²) in [6.45, 7) is 6.58. The van der Waals surface area contributed by atoms with Crippen LogP contribution in [0, 0.1) is 0 Å². The Kier molecular flexibility index (Phi) is 2.97. The summed E-state index contributed by atoms with van der Waals surface area (Å²) in [4.78, 5) is 4.50. The number of oxazole rings is 1. The van der Waals surface area contributed by atoms with Crippen LogP contribution in [0.1, 0.15) is 26.3 Å². The maximum atomic E-state index is 5.72. The van der Waals surface area contributed by atoms with Crippen molar-refractivity contribution in [3.63, 3.8) is 0 Å². The van der Waals surface area contributed by atoms with E-state index in [0.29, 0.717) is 6.01 Å². The second-order valence-corrected chi connectivity index (χ2v) is 5.94. The molecule has 20 heavy (non-hydrogen) atoms. The molecule has 1 heterocycles.